The zero-order valence-electron chi connectivity index (χ0n) is 16.7. The lowest BCUT2D eigenvalue weighted by Crippen LogP contribution is -2.42. The first kappa shape index (κ1) is 19.4. The van der Waals surface area contributed by atoms with Gasteiger partial charge in [0, 0.05) is 23.3 Å². The summed E-state index contributed by atoms with van der Waals surface area (Å²) in [7, 11) is 0. The number of benzene rings is 1. The summed E-state index contributed by atoms with van der Waals surface area (Å²) in [4.78, 5) is 32.9. The molecule has 6 nitrogen and oxygen atoms in total. The van der Waals surface area contributed by atoms with E-state index in [0.717, 1.165) is 40.7 Å². The van der Waals surface area contributed by atoms with Gasteiger partial charge in [-0.1, -0.05) is 18.2 Å². The number of aryl methyl sites for hydroxylation is 3. The Hall–Kier alpha value is -2.93. The van der Waals surface area contributed by atoms with Crippen molar-refractivity contribution in [3.63, 3.8) is 0 Å². The largest absolute Gasteiger partial charge is 0.448 e. The first-order chi connectivity index (χ1) is 13.9. The average molecular weight is 410 g/mol. The number of nitrogens with zero attached hydrogens (tertiary/aromatic N) is 2. The average Bonchev–Trinajstić information content (AvgIpc) is 3.03. The molecular formula is C22H23N3O3S. The highest BCUT2D eigenvalue weighted by molar-refractivity contribution is 7.21. The third kappa shape index (κ3) is 3.46. The van der Waals surface area contributed by atoms with E-state index in [1.165, 1.54) is 11.3 Å². The summed E-state index contributed by atoms with van der Waals surface area (Å²) in [6.45, 7) is 6.06. The van der Waals surface area contributed by atoms with Crippen molar-refractivity contribution in [3.05, 3.63) is 52.0 Å². The predicted molar refractivity (Wildman–Crippen MR) is 115 cm³/mol. The molecule has 1 aliphatic heterocycles. The molecule has 0 spiro atoms. The molecule has 0 bridgehead atoms. The number of anilines is 2. The number of thiophene rings is 1. The molecule has 1 unspecified atom stereocenters. The summed E-state index contributed by atoms with van der Waals surface area (Å²) in [6.07, 6.45) is 0.920. The highest BCUT2D eigenvalue weighted by atomic mass is 32.1. The summed E-state index contributed by atoms with van der Waals surface area (Å²) >= 11 is 1.20. The molecule has 1 atom stereocenters. The Morgan fingerprint density at radius 1 is 1.28 bits per heavy atom. The third-order valence-electron chi connectivity index (χ3n) is 5.22. The highest BCUT2D eigenvalue weighted by Gasteiger charge is 2.30. The molecule has 1 aliphatic rings. The minimum absolute atomic E-state index is 0.227. The summed E-state index contributed by atoms with van der Waals surface area (Å²) in [5.41, 5.74) is 10.4. The maximum atomic E-state index is 13.0. The van der Waals surface area contributed by atoms with E-state index in [1.807, 2.05) is 44.2 Å². The van der Waals surface area contributed by atoms with Gasteiger partial charge in [0.1, 0.15) is 9.71 Å². The van der Waals surface area contributed by atoms with Gasteiger partial charge < -0.3 is 15.4 Å². The van der Waals surface area contributed by atoms with Crippen LogP contribution in [0.25, 0.3) is 10.2 Å². The second kappa shape index (κ2) is 7.48. The number of carbonyl (C=O) groups excluding carboxylic acids is 2. The van der Waals surface area contributed by atoms with Gasteiger partial charge in [0.05, 0.1) is 5.69 Å². The fourth-order valence-corrected chi connectivity index (χ4v) is 4.97. The number of rotatable bonds is 3. The smallest absolute Gasteiger partial charge is 0.351 e. The molecule has 2 N–H and O–H groups in total. The lowest BCUT2D eigenvalue weighted by Gasteiger charge is -2.31. The van der Waals surface area contributed by atoms with Crippen LogP contribution in [0.15, 0.2) is 30.3 Å². The second-order valence-corrected chi connectivity index (χ2v) is 8.37. The van der Waals surface area contributed by atoms with Crippen molar-refractivity contribution >= 4 is 44.8 Å². The molecule has 3 heterocycles. The van der Waals surface area contributed by atoms with Crippen LogP contribution >= 0.6 is 11.3 Å². The number of carbonyl (C=O) groups is 2. The van der Waals surface area contributed by atoms with Crippen molar-refractivity contribution in [1.29, 1.82) is 0 Å². The molecule has 0 aliphatic carbocycles. The van der Waals surface area contributed by atoms with Crippen molar-refractivity contribution in [2.45, 2.75) is 39.7 Å². The molecule has 29 heavy (non-hydrogen) atoms. The van der Waals surface area contributed by atoms with Gasteiger partial charge in [-0.3, -0.25) is 4.79 Å². The molecule has 3 aromatic rings. The number of nitrogen functional groups attached to an aromatic ring is 1. The Bertz CT molecular complexity index is 1120. The van der Waals surface area contributed by atoms with Crippen molar-refractivity contribution in [2.24, 2.45) is 0 Å². The predicted octanol–water partition coefficient (Wildman–Crippen LogP) is 4.02. The lowest BCUT2D eigenvalue weighted by molar-refractivity contribution is -0.126. The van der Waals surface area contributed by atoms with E-state index in [9.17, 15) is 9.59 Å². The van der Waals surface area contributed by atoms with Crippen LogP contribution in [0, 0.1) is 13.8 Å². The van der Waals surface area contributed by atoms with Crippen LogP contribution in [0.5, 0.6) is 0 Å². The summed E-state index contributed by atoms with van der Waals surface area (Å²) < 4.78 is 5.52. The van der Waals surface area contributed by atoms with Crippen molar-refractivity contribution < 1.29 is 14.3 Å². The summed E-state index contributed by atoms with van der Waals surface area (Å²) in [6, 6.07) is 9.78. The molecule has 0 saturated carbocycles. The second-order valence-electron chi connectivity index (χ2n) is 7.38. The monoisotopic (exact) mass is 409 g/mol. The third-order valence-corrected chi connectivity index (χ3v) is 6.30. The topological polar surface area (TPSA) is 85.5 Å². The van der Waals surface area contributed by atoms with Crippen LogP contribution in [-0.2, 0) is 16.0 Å². The number of aromatic nitrogens is 1. The molecule has 0 saturated heterocycles. The fourth-order valence-electron chi connectivity index (χ4n) is 3.87. The molecular weight excluding hydrogens is 386 g/mol. The van der Waals surface area contributed by atoms with Crippen molar-refractivity contribution in [2.75, 3.05) is 17.2 Å². The molecule has 7 heteroatoms. The highest BCUT2D eigenvalue weighted by Crippen LogP contribution is 2.35. The number of para-hydroxylation sites is 1. The number of ether oxygens (including phenoxy) is 1. The SMILES string of the molecule is Cc1cc(C)c2c(N)c(C(=O)OC(C)C(=O)N3CCCc4ccccc43)sc2n1. The first-order valence-electron chi connectivity index (χ1n) is 9.63. The summed E-state index contributed by atoms with van der Waals surface area (Å²) in [5.74, 6) is -0.816. The van der Waals surface area contributed by atoms with Gasteiger partial charge in [0.15, 0.2) is 6.10 Å². The van der Waals surface area contributed by atoms with E-state index in [0.29, 0.717) is 21.9 Å². The number of nitrogens with two attached hydrogens (primary N) is 1. The molecule has 2 aromatic heterocycles. The minimum Gasteiger partial charge on any atom is -0.448 e. The maximum Gasteiger partial charge on any atom is 0.351 e. The minimum atomic E-state index is -0.908. The molecule has 150 valence electrons. The van der Waals surface area contributed by atoms with Crippen LogP contribution in [-0.4, -0.2) is 29.5 Å². The van der Waals surface area contributed by atoms with E-state index < -0.39 is 12.1 Å². The van der Waals surface area contributed by atoms with Gasteiger partial charge in [-0.2, -0.15) is 0 Å². The van der Waals surface area contributed by atoms with Crippen LogP contribution < -0.4 is 10.6 Å². The molecule has 0 fully saturated rings. The van der Waals surface area contributed by atoms with Gasteiger partial charge in [-0.15, -0.1) is 11.3 Å². The Morgan fingerprint density at radius 2 is 2.03 bits per heavy atom. The number of amides is 1. The van der Waals surface area contributed by atoms with Gasteiger partial charge in [-0.25, -0.2) is 9.78 Å². The normalized spacial score (nSPS) is 14.5. The number of fused-ring (bicyclic) bond motifs is 2. The molecule has 1 aromatic carbocycles. The first-order valence-corrected chi connectivity index (χ1v) is 10.4. The standard InChI is InChI=1S/C22H23N3O3S/c1-12-11-13(2)24-20-17(12)18(23)19(29-20)22(27)28-14(3)21(26)25-10-6-8-15-7-4-5-9-16(15)25/h4-5,7,9,11,14H,6,8,10,23H2,1-3H3. The van der Waals surface area contributed by atoms with E-state index in [2.05, 4.69) is 4.98 Å². The van der Waals surface area contributed by atoms with Crippen LogP contribution in [0.1, 0.15) is 39.8 Å². The van der Waals surface area contributed by atoms with Gasteiger partial charge >= 0.3 is 5.97 Å². The van der Waals surface area contributed by atoms with E-state index >= 15 is 0 Å². The van der Waals surface area contributed by atoms with E-state index in [1.54, 1.807) is 11.8 Å². The fraction of sp³-hybridized carbons (Fsp3) is 0.318. The van der Waals surface area contributed by atoms with Crippen molar-refractivity contribution in [1.82, 2.24) is 4.98 Å². The lowest BCUT2D eigenvalue weighted by atomic mass is 10.0. The number of pyridine rings is 1. The van der Waals surface area contributed by atoms with Gasteiger partial charge in [-0.05, 0) is 56.9 Å². The molecule has 0 radical (unpaired) electrons. The molecule has 1 amide bonds. The Kier molecular flexibility index (Phi) is 5.00. The Labute approximate surface area is 173 Å². The zero-order chi connectivity index (χ0) is 20.7. The Balaban J connectivity index is 1.56. The van der Waals surface area contributed by atoms with Crippen LogP contribution in [0.3, 0.4) is 0 Å². The van der Waals surface area contributed by atoms with E-state index in [4.69, 9.17) is 10.5 Å². The zero-order valence-corrected chi connectivity index (χ0v) is 17.5. The number of hydrogen-bond acceptors (Lipinski definition) is 6. The summed E-state index contributed by atoms with van der Waals surface area (Å²) in [5, 5.41) is 0.775. The van der Waals surface area contributed by atoms with Gasteiger partial charge in [0.25, 0.3) is 5.91 Å². The van der Waals surface area contributed by atoms with Gasteiger partial charge in [0.2, 0.25) is 0 Å². The maximum absolute atomic E-state index is 13.0. The Morgan fingerprint density at radius 3 is 2.83 bits per heavy atom. The molecule has 4 rings (SSSR count). The number of esters is 1. The van der Waals surface area contributed by atoms with Crippen molar-refractivity contribution in [3.8, 4) is 0 Å². The van der Waals surface area contributed by atoms with Crippen LogP contribution in [0.4, 0.5) is 11.4 Å². The van der Waals surface area contributed by atoms with Crippen LogP contribution in [0.2, 0.25) is 0 Å². The number of hydrogen-bond donors (Lipinski definition) is 1. The van der Waals surface area contributed by atoms with E-state index in [-0.39, 0.29) is 5.91 Å². The quantitative estimate of drug-likeness (QED) is 0.661.